The van der Waals surface area contributed by atoms with Crippen molar-refractivity contribution in [3.8, 4) is 0 Å². The van der Waals surface area contributed by atoms with Gasteiger partial charge < -0.3 is 5.11 Å². The molecule has 0 aliphatic carbocycles. The number of aryl methyl sites for hydroxylation is 1. The van der Waals surface area contributed by atoms with Gasteiger partial charge in [-0.1, -0.05) is 18.2 Å². The first-order chi connectivity index (χ1) is 11.8. The molecule has 0 saturated heterocycles. The van der Waals surface area contributed by atoms with Gasteiger partial charge in [-0.2, -0.15) is 4.39 Å². The summed E-state index contributed by atoms with van der Waals surface area (Å²) in [4.78, 5) is 10.7. The summed E-state index contributed by atoms with van der Waals surface area (Å²) in [6, 6.07) is 10.5. The minimum atomic E-state index is -4.26. The third-order valence-corrected chi connectivity index (χ3v) is 5.51. The molecule has 0 unspecified atom stereocenters. The van der Waals surface area contributed by atoms with Crippen LogP contribution in [0.5, 0.6) is 0 Å². The Morgan fingerprint density at radius 2 is 1.76 bits per heavy atom. The Balaban J connectivity index is 2.29. The zero-order chi connectivity index (χ0) is 18.2. The number of hydrogen-bond donors (Lipinski definition) is 1. The number of fused-ring (bicyclic) bond motifs is 1. The van der Waals surface area contributed by atoms with Gasteiger partial charge >= 0.3 is 5.97 Å². The first kappa shape index (κ1) is 17.1. The van der Waals surface area contributed by atoms with Crippen molar-refractivity contribution in [3.05, 3.63) is 65.9 Å². The molecule has 1 aromatic heterocycles. The molecule has 3 rings (SSSR count). The van der Waals surface area contributed by atoms with Crippen LogP contribution >= 0.6 is 0 Å². The number of aromatic nitrogens is 1. The van der Waals surface area contributed by atoms with Crippen molar-refractivity contribution in [3.63, 3.8) is 0 Å². The highest BCUT2D eigenvalue weighted by Gasteiger charge is 2.27. The molecule has 3 aromatic rings. The summed E-state index contributed by atoms with van der Waals surface area (Å²) >= 11 is 0. The molecule has 2 aromatic carbocycles. The number of rotatable bonds is 5. The van der Waals surface area contributed by atoms with E-state index in [9.17, 15) is 22.0 Å². The standard InChI is InChI=1S/C17H13F2NO4S/c18-11-6-8-15-14(10-11)13(7-9-16(21)22)17(19)20(15)25(23,24)12-4-2-1-3-5-12/h1-6,8,10H,7,9H2,(H,21,22). The average molecular weight is 365 g/mol. The van der Waals surface area contributed by atoms with E-state index in [0.29, 0.717) is 3.97 Å². The van der Waals surface area contributed by atoms with E-state index < -0.39 is 34.2 Å². The lowest BCUT2D eigenvalue weighted by Gasteiger charge is -2.08. The summed E-state index contributed by atoms with van der Waals surface area (Å²) in [6.07, 6.45) is -0.656. The van der Waals surface area contributed by atoms with E-state index >= 15 is 0 Å². The molecule has 1 heterocycles. The van der Waals surface area contributed by atoms with Crippen LogP contribution in [-0.4, -0.2) is 23.5 Å². The second kappa shape index (κ2) is 6.29. The topological polar surface area (TPSA) is 76.4 Å². The summed E-state index contributed by atoms with van der Waals surface area (Å²) in [7, 11) is -4.26. The first-order valence-electron chi connectivity index (χ1n) is 7.33. The fourth-order valence-electron chi connectivity index (χ4n) is 2.67. The number of halogens is 2. The molecule has 5 nitrogen and oxygen atoms in total. The maximum Gasteiger partial charge on any atom is 0.303 e. The van der Waals surface area contributed by atoms with Gasteiger partial charge in [0.05, 0.1) is 10.4 Å². The van der Waals surface area contributed by atoms with E-state index in [0.717, 1.165) is 12.1 Å². The highest BCUT2D eigenvalue weighted by molar-refractivity contribution is 7.90. The van der Waals surface area contributed by atoms with Gasteiger partial charge in [-0.3, -0.25) is 4.79 Å². The summed E-state index contributed by atoms with van der Waals surface area (Å²) in [5, 5.41) is 8.86. The highest BCUT2D eigenvalue weighted by atomic mass is 32.2. The van der Waals surface area contributed by atoms with Crippen molar-refractivity contribution in [2.24, 2.45) is 0 Å². The zero-order valence-corrected chi connectivity index (χ0v) is 13.6. The fraction of sp³-hybridized carbons (Fsp3) is 0.118. The maximum absolute atomic E-state index is 14.9. The Morgan fingerprint density at radius 1 is 1.08 bits per heavy atom. The van der Waals surface area contributed by atoms with Gasteiger partial charge in [0, 0.05) is 17.4 Å². The van der Waals surface area contributed by atoms with Crippen LogP contribution in [0.1, 0.15) is 12.0 Å². The minimum absolute atomic E-state index is 0.0388. The zero-order valence-electron chi connectivity index (χ0n) is 12.8. The Bertz CT molecular complexity index is 1060. The van der Waals surface area contributed by atoms with Crippen molar-refractivity contribution >= 4 is 26.9 Å². The third-order valence-electron chi connectivity index (χ3n) is 3.80. The minimum Gasteiger partial charge on any atom is -0.481 e. The van der Waals surface area contributed by atoms with Crippen molar-refractivity contribution < 1.29 is 27.1 Å². The van der Waals surface area contributed by atoms with Crippen LogP contribution in [0.15, 0.2) is 53.4 Å². The lowest BCUT2D eigenvalue weighted by atomic mass is 10.1. The Labute approximate surface area is 142 Å². The Kier molecular flexibility index (Phi) is 4.30. The molecule has 25 heavy (non-hydrogen) atoms. The van der Waals surface area contributed by atoms with Crippen molar-refractivity contribution in [1.29, 1.82) is 0 Å². The quantitative estimate of drug-likeness (QED) is 0.753. The molecule has 0 aliphatic rings. The molecule has 0 bridgehead atoms. The second-order valence-corrected chi connectivity index (χ2v) is 7.19. The van der Waals surface area contributed by atoms with Crippen LogP contribution < -0.4 is 0 Å². The number of carboxylic acid groups (broad SMARTS) is 1. The SMILES string of the molecule is O=C(O)CCc1c(F)n(S(=O)(=O)c2ccccc2)c2ccc(F)cc12. The van der Waals surface area contributed by atoms with E-state index in [1.807, 2.05) is 0 Å². The average Bonchev–Trinajstić information content (AvgIpc) is 2.85. The van der Waals surface area contributed by atoms with E-state index in [2.05, 4.69) is 0 Å². The lowest BCUT2D eigenvalue weighted by Crippen LogP contribution is -2.15. The number of aliphatic carboxylic acids is 1. The monoisotopic (exact) mass is 365 g/mol. The summed E-state index contributed by atoms with van der Waals surface area (Å²) in [6.45, 7) is 0. The molecule has 8 heteroatoms. The number of carboxylic acids is 1. The number of hydrogen-bond acceptors (Lipinski definition) is 3. The molecule has 1 N–H and O–H groups in total. The lowest BCUT2D eigenvalue weighted by molar-refractivity contribution is -0.136. The van der Waals surface area contributed by atoms with Gasteiger partial charge in [0.25, 0.3) is 10.0 Å². The van der Waals surface area contributed by atoms with Crippen molar-refractivity contribution in [2.75, 3.05) is 0 Å². The Hall–Kier alpha value is -2.74. The van der Waals surface area contributed by atoms with Crippen LogP contribution in [0.2, 0.25) is 0 Å². The molecule has 0 amide bonds. The molecular weight excluding hydrogens is 352 g/mol. The molecular formula is C17H13F2NO4S. The summed E-state index contributed by atoms with van der Waals surface area (Å²) in [5.74, 6) is -2.94. The highest BCUT2D eigenvalue weighted by Crippen LogP contribution is 2.30. The molecule has 130 valence electrons. The summed E-state index contributed by atoms with van der Waals surface area (Å²) in [5.41, 5.74) is -0.181. The first-order valence-corrected chi connectivity index (χ1v) is 8.77. The molecule has 0 saturated carbocycles. The summed E-state index contributed by atoms with van der Waals surface area (Å²) < 4.78 is 54.6. The smallest absolute Gasteiger partial charge is 0.303 e. The van der Waals surface area contributed by atoms with Gasteiger partial charge in [-0.05, 0) is 36.8 Å². The Morgan fingerprint density at radius 3 is 2.40 bits per heavy atom. The number of nitrogens with zero attached hydrogens (tertiary/aromatic N) is 1. The van der Waals surface area contributed by atoms with E-state index in [1.54, 1.807) is 6.07 Å². The molecule has 0 radical (unpaired) electrons. The maximum atomic E-state index is 14.9. The number of carbonyl (C=O) groups is 1. The van der Waals surface area contributed by atoms with Gasteiger partial charge in [0.1, 0.15) is 5.82 Å². The van der Waals surface area contributed by atoms with Crippen LogP contribution in [0.25, 0.3) is 10.9 Å². The van der Waals surface area contributed by atoms with Crippen molar-refractivity contribution in [1.82, 2.24) is 3.97 Å². The van der Waals surface area contributed by atoms with Crippen LogP contribution in [0.4, 0.5) is 8.78 Å². The van der Waals surface area contributed by atoms with Gasteiger partial charge in [0.15, 0.2) is 0 Å². The largest absolute Gasteiger partial charge is 0.481 e. The molecule has 0 atom stereocenters. The van der Waals surface area contributed by atoms with Crippen LogP contribution in [0.3, 0.4) is 0 Å². The number of benzene rings is 2. The molecule has 0 spiro atoms. The van der Waals surface area contributed by atoms with Gasteiger partial charge in [0.2, 0.25) is 5.95 Å². The normalized spacial score (nSPS) is 11.8. The predicted octanol–water partition coefficient (Wildman–Crippen LogP) is 3.17. The van der Waals surface area contributed by atoms with Crippen molar-refractivity contribution in [2.45, 2.75) is 17.7 Å². The predicted molar refractivity (Wildman–Crippen MR) is 86.8 cm³/mol. The second-order valence-electron chi connectivity index (χ2n) is 5.41. The van der Waals surface area contributed by atoms with Gasteiger partial charge in [-0.25, -0.2) is 16.8 Å². The molecule has 0 fully saturated rings. The van der Waals surface area contributed by atoms with E-state index in [1.165, 1.54) is 30.3 Å². The fourth-order valence-corrected chi connectivity index (χ4v) is 4.12. The van der Waals surface area contributed by atoms with Crippen LogP contribution in [-0.2, 0) is 21.2 Å². The third kappa shape index (κ3) is 3.00. The van der Waals surface area contributed by atoms with E-state index in [4.69, 9.17) is 5.11 Å². The van der Waals surface area contributed by atoms with Crippen LogP contribution in [0, 0.1) is 11.8 Å². The van der Waals surface area contributed by atoms with Gasteiger partial charge in [-0.15, -0.1) is 0 Å². The molecule has 0 aliphatic heterocycles. The van der Waals surface area contributed by atoms with E-state index in [-0.39, 0.29) is 27.8 Å².